The lowest BCUT2D eigenvalue weighted by Gasteiger charge is -2.30. The van der Waals surface area contributed by atoms with Crippen molar-refractivity contribution < 1.29 is 10.2 Å². The number of aliphatic hydroxyl groups is 2. The van der Waals surface area contributed by atoms with E-state index in [0.717, 1.165) is 0 Å². The fourth-order valence-electron chi connectivity index (χ4n) is 1.19. The minimum atomic E-state index is -0.941. The first-order valence-corrected chi connectivity index (χ1v) is 4.29. The van der Waals surface area contributed by atoms with Gasteiger partial charge >= 0.3 is 0 Å². The summed E-state index contributed by atoms with van der Waals surface area (Å²) in [6, 6.07) is 0. The van der Waals surface area contributed by atoms with Crippen LogP contribution in [0.2, 0.25) is 0 Å². The lowest BCUT2D eigenvalue weighted by molar-refractivity contribution is 0.00560. The van der Waals surface area contributed by atoms with Gasteiger partial charge in [-0.25, -0.2) is 4.68 Å². The van der Waals surface area contributed by atoms with Crippen molar-refractivity contribution in [2.75, 3.05) is 18.1 Å². The van der Waals surface area contributed by atoms with Crippen LogP contribution in [0.5, 0.6) is 0 Å². The number of hydrogen-bond acceptors (Lipinski definition) is 5. The average Bonchev–Trinajstić information content (AvgIpc) is 2.46. The smallest absolute Gasteiger partial charge is 0.145 e. The molecule has 0 spiro atoms. The fourth-order valence-corrected chi connectivity index (χ4v) is 1.19. The van der Waals surface area contributed by atoms with Crippen LogP contribution in [-0.2, 0) is 5.54 Å². The Labute approximate surface area is 82.1 Å². The van der Waals surface area contributed by atoms with Crippen molar-refractivity contribution in [1.82, 2.24) is 9.78 Å². The molecular formula is C8H16N4O2. The Morgan fingerprint density at radius 1 is 1.57 bits per heavy atom. The van der Waals surface area contributed by atoms with E-state index in [0.29, 0.717) is 11.5 Å². The van der Waals surface area contributed by atoms with Crippen molar-refractivity contribution >= 4 is 11.5 Å². The third-order valence-corrected chi connectivity index (χ3v) is 2.37. The van der Waals surface area contributed by atoms with E-state index in [1.165, 1.54) is 10.9 Å². The van der Waals surface area contributed by atoms with Crippen LogP contribution in [-0.4, -0.2) is 32.7 Å². The standard InChI is InChI=1S/C8H16N4O2/c1-8(2,6(14)4-13)12-7(10)5(9)3-11-12/h3,6,13-14H,4,9-10H2,1-2H3. The molecule has 0 aliphatic rings. The third kappa shape index (κ3) is 1.53. The van der Waals surface area contributed by atoms with Gasteiger partial charge in [-0.3, -0.25) is 0 Å². The Morgan fingerprint density at radius 3 is 2.50 bits per heavy atom. The van der Waals surface area contributed by atoms with Crippen LogP contribution in [0.1, 0.15) is 13.8 Å². The van der Waals surface area contributed by atoms with Gasteiger partial charge in [0.05, 0.1) is 24.0 Å². The molecule has 80 valence electrons. The van der Waals surface area contributed by atoms with Crippen molar-refractivity contribution in [2.24, 2.45) is 0 Å². The molecule has 1 aromatic rings. The highest BCUT2D eigenvalue weighted by Crippen LogP contribution is 2.25. The lowest BCUT2D eigenvalue weighted by Crippen LogP contribution is -2.43. The Kier molecular flexibility index (Phi) is 2.68. The minimum Gasteiger partial charge on any atom is -0.394 e. The SMILES string of the molecule is CC(C)(C(O)CO)n1ncc(N)c1N. The van der Waals surface area contributed by atoms with Gasteiger partial charge in [-0.1, -0.05) is 0 Å². The van der Waals surface area contributed by atoms with Crippen LogP contribution in [0.4, 0.5) is 11.5 Å². The molecule has 0 amide bonds. The number of nitrogen functional groups attached to an aromatic ring is 2. The first-order valence-electron chi connectivity index (χ1n) is 4.29. The molecule has 1 heterocycles. The number of aliphatic hydroxyl groups excluding tert-OH is 2. The van der Waals surface area contributed by atoms with Crippen LogP contribution in [0.25, 0.3) is 0 Å². The maximum Gasteiger partial charge on any atom is 0.145 e. The zero-order valence-electron chi connectivity index (χ0n) is 8.31. The molecule has 0 radical (unpaired) electrons. The Hall–Kier alpha value is -1.27. The number of nitrogens with zero attached hydrogens (tertiary/aromatic N) is 2. The second-order valence-electron chi connectivity index (χ2n) is 3.75. The Bertz CT molecular complexity index is 321. The first-order chi connectivity index (χ1) is 6.41. The molecule has 14 heavy (non-hydrogen) atoms. The summed E-state index contributed by atoms with van der Waals surface area (Å²) in [6.07, 6.45) is 0.477. The van der Waals surface area contributed by atoms with E-state index in [-0.39, 0.29) is 6.61 Å². The van der Waals surface area contributed by atoms with Gasteiger partial charge in [0.15, 0.2) is 0 Å². The molecule has 6 nitrogen and oxygen atoms in total. The molecule has 0 aromatic carbocycles. The molecule has 0 aliphatic heterocycles. The summed E-state index contributed by atoms with van der Waals surface area (Å²) >= 11 is 0. The van der Waals surface area contributed by atoms with Crippen molar-refractivity contribution in [3.8, 4) is 0 Å². The summed E-state index contributed by atoms with van der Waals surface area (Å²) in [5.74, 6) is 0.294. The molecule has 0 fully saturated rings. The highest BCUT2D eigenvalue weighted by molar-refractivity contribution is 5.57. The van der Waals surface area contributed by atoms with E-state index in [9.17, 15) is 5.11 Å². The van der Waals surface area contributed by atoms with Crippen LogP contribution >= 0.6 is 0 Å². The van der Waals surface area contributed by atoms with E-state index in [4.69, 9.17) is 16.6 Å². The predicted octanol–water partition coefficient (Wildman–Crippen LogP) is -0.864. The van der Waals surface area contributed by atoms with Crippen LogP contribution in [0, 0.1) is 0 Å². The zero-order chi connectivity index (χ0) is 10.9. The molecule has 0 bridgehead atoms. The summed E-state index contributed by atoms with van der Waals surface area (Å²) in [5, 5.41) is 22.4. The summed E-state index contributed by atoms with van der Waals surface area (Å²) < 4.78 is 1.41. The molecule has 1 atom stereocenters. The van der Waals surface area contributed by atoms with Gasteiger partial charge in [0.1, 0.15) is 11.9 Å². The van der Waals surface area contributed by atoms with Gasteiger partial charge in [0.25, 0.3) is 0 Å². The second kappa shape index (κ2) is 3.47. The molecule has 0 aliphatic carbocycles. The fraction of sp³-hybridized carbons (Fsp3) is 0.625. The van der Waals surface area contributed by atoms with Gasteiger partial charge in [-0.15, -0.1) is 0 Å². The van der Waals surface area contributed by atoms with Crippen molar-refractivity contribution in [1.29, 1.82) is 0 Å². The number of hydrogen-bond donors (Lipinski definition) is 4. The summed E-state index contributed by atoms with van der Waals surface area (Å²) in [6.45, 7) is 3.08. The molecule has 0 saturated carbocycles. The minimum absolute atomic E-state index is 0.294. The largest absolute Gasteiger partial charge is 0.394 e. The molecule has 1 aromatic heterocycles. The highest BCUT2D eigenvalue weighted by Gasteiger charge is 2.32. The Balaban J connectivity index is 3.09. The molecule has 6 N–H and O–H groups in total. The van der Waals surface area contributed by atoms with Gasteiger partial charge in [0, 0.05) is 0 Å². The predicted molar refractivity (Wildman–Crippen MR) is 53.5 cm³/mol. The number of nitrogens with two attached hydrogens (primary N) is 2. The van der Waals surface area contributed by atoms with Crippen molar-refractivity contribution in [3.63, 3.8) is 0 Å². The highest BCUT2D eigenvalue weighted by atomic mass is 16.3. The summed E-state index contributed by atoms with van der Waals surface area (Å²) in [7, 11) is 0. The average molecular weight is 200 g/mol. The topological polar surface area (TPSA) is 110 Å². The van der Waals surface area contributed by atoms with E-state index in [1.54, 1.807) is 13.8 Å². The number of aromatic nitrogens is 2. The van der Waals surface area contributed by atoms with E-state index < -0.39 is 11.6 Å². The number of anilines is 2. The maximum atomic E-state index is 9.57. The molecule has 1 rings (SSSR count). The summed E-state index contributed by atoms with van der Waals surface area (Å²) in [5.41, 5.74) is 10.8. The molecule has 0 saturated heterocycles. The Morgan fingerprint density at radius 2 is 2.14 bits per heavy atom. The van der Waals surface area contributed by atoms with Gasteiger partial charge in [-0.05, 0) is 13.8 Å². The molecule has 1 unspecified atom stereocenters. The zero-order valence-corrected chi connectivity index (χ0v) is 8.31. The van der Waals surface area contributed by atoms with Gasteiger partial charge in [-0.2, -0.15) is 5.10 Å². The normalized spacial score (nSPS) is 14.3. The first kappa shape index (κ1) is 10.8. The lowest BCUT2D eigenvalue weighted by atomic mass is 9.98. The van der Waals surface area contributed by atoms with E-state index >= 15 is 0 Å². The summed E-state index contributed by atoms with van der Waals surface area (Å²) in [4.78, 5) is 0. The van der Waals surface area contributed by atoms with Crippen LogP contribution < -0.4 is 11.5 Å². The van der Waals surface area contributed by atoms with E-state index in [1.807, 2.05) is 0 Å². The molecular weight excluding hydrogens is 184 g/mol. The van der Waals surface area contributed by atoms with Crippen LogP contribution in [0.15, 0.2) is 6.20 Å². The molecule has 6 heteroatoms. The maximum absolute atomic E-state index is 9.57. The monoisotopic (exact) mass is 200 g/mol. The van der Waals surface area contributed by atoms with Crippen molar-refractivity contribution in [3.05, 3.63) is 6.20 Å². The quantitative estimate of drug-likeness (QED) is 0.507. The number of rotatable bonds is 3. The van der Waals surface area contributed by atoms with Crippen LogP contribution in [0.3, 0.4) is 0 Å². The van der Waals surface area contributed by atoms with Gasteiger partial charge < -0.3 is 21.7 Å². The third-order valence-electron chi connectivity index (χ3n) is 2.37. The van der Waals surface area contributed by atoms with Gasteiger partial charge in [0.2, 0.25) is 0 Å². The van der Waals surface area contributed by atoms with Crippen molar-refractivity contribution in [2.45, 2.75) is 25.5 Å². The van der Waals surface area contributed by atoms with E-state index in [2.05, 4.69) is 5.10 Å². The second-order valence-corrected chi connectivity index (χ2v) is 3.75.